The lowest BCUT2D eigenvalue weighted by atomic mass is 10.0. The number of ether oxygens (including phenoxy) is 3. The van der Waals surface area contributed by atoms with E-state index in [4.69, 9.17) is 14.2 Å². The molecule has 186 valence electrons. The third-order valence-corrected chi connectivity index (χ3v) is 6.02. The standard InChI is InChI=1S/C27H28N4O5/c1-16(2)35-23(32)14-34-20-9-5-6-17(12-20)18-10-11-21(22(13-18)36-19-7-3-4-8-19)25-30-26-24(27(33)31-25)28-15-29-26/h5-6,9-13,15-16,19H,3-4,7-8,14H2,1-2H3,(H2,28,29,30,31,33). The Hall–Kier alpha value is -4.14. The minimum absolute atomic E-state index is 0.112. The number of aromatic amines is 2. The van der Waals surface area contributed by atoms with E-state index in [9.17, 15) is 9.59 Å². The Kier molecular flexibility index (Phi) is 6.71. The van der Waals surface area contributed by atoms with Gasteiger partial charge in [0.25, 0.3) is 5.56 Å². The fourth-order valence-corrected chi connectivity index (χ4v) is 4.36. The van der Waals surface area contributed by atoms with Gasteiger partial charge in [-0.15, -0.1) is 0 Å². The molecule has 1 aliphatic rings. The van der Waals surface area contributed by atoms with Crippen LogP contribution in [0, 0.1) is 0 Å². The first-order valence-corrected chi connectivity index (χ1v) is 12.1. The summed E-state index contributed by atoms with van der Waals surface area (Å²) in [7, 11) is 0. The quantitative estimate of drug-likeness (QED) is 0.347. The summed E-state index contributed by atoms with van der Waals surface area (Å²) in [5.41, 5.74) is 2.90. The summed E-state index contributed by atoms with van der Waals surface area (Å²) in [6.45, 7) is 3.43. The highest BCUT2D eigenvalue weighted by atomic mass is 16.6. The van der Waals surface area contributed by atoms with E-state index in [2.05, 4.69) is 19.9 Å². The van der Waals surface area contributed by atoms with Crippen LogP contribution in [0.25, 0.3) is 33.7 Å². The van der Waals surface area contributed by atoms with Crippen molar-refractivity contribution in [2.75, 3.05) is 6.61 Å². The maximum Gasteiger partial charge on any atom is 0.344 e. The Bertz CT molecular complexity index is 1440. The molecule has 2 aromatic carbocycles. The molecule has 0 saturated heterocycles. The summed E-state index contributed by atoms with van der Waals surface area (Å²) in [5, 5.41) is 0. The number of carbonyl (C=O) groups excluding carboxylic acids is 1. The lowest BCUT2D eigenvalue weighted by Crippen LogP contribution is -2.18. The van der Waals surface area contributed by atoms with Crippen molar-refractivity contribution in [2.24, 2.45) is 0 Å². The van der Waals surface area contributed by atoms with Crippen molar-refractivity contribution in [2.45, 2.75) is 51.7 Å². The van der Waals surface area contributed by atoms with Crippen LogP contribution in [0.1, 0.15) is 39.5 Å². The van der Waals surface area contributed by atoms with Gasteiger partial charge in [0.15, 0.2) is 17.8 Å². The molecule has 1 fully saturated rings. The van der Waals surface area contributed by atoms with Crippen molar-refractivity contribution in [3.05, 3.63) is 59.1 Å². The number of H-pyrrole nitrogens is 2. The van der Waals surface area contributed by atoms with Crippen LogP contribution in [0.2, 0.25) is 0 Å². The van der Waals surface area contributed by atoms with E-state index in [0.717, 1.165) is 36.8 Å². The zero-order chi connectivity index (χ0) is 25.1. The van der Waals surface area contributed by atoms with Crippen molar-refractivity contribution in [1.82, 2.24) is 19.9 Å². The number of nitrogens with zero attached hydrogens (tertiary/aromatic N) is 2. The number of hydrogen-bond acceptors (Lipinski definition) is 7. The zero-order valence-electron chi connectivity index (χ0n) is 20.2. The van der Waals surface area contributed by atoms with E-state index >= 15 is 0 Å². The Morgan fingerprint density at radius 1 is 1.11 bits per heavy atom. The van der Waals surface area contributed by atoms with Crippen molar-refractivity contribution in [3.8, 4) is 34.0 Å². The van der Waals surface area contributed by atoms with Gasteiger partial charge in [0.1, 0.15) is 17.3 Å². The Morgan fingerprint density at radius 2 is 1.92 bits per heavy atom. The molecular weight excluding hydrogens is 460 g/mol. The molecule has 36 heavy (non-hydrogen) atoms. The number of hydrogen-bond donors (Lipinski definition) is 2. The molecule has 0 unspecified atom stereocenters. The van der Waals surface area contributed by atoms with Gasteiger partial charge in [0, 0.05) is 0 Å². The molecule has 2 aromatic heterocycles. The first kappa shape index (κ1) is 23.6. The zero-order valence-corrected chi connectivity index (χ0v) is 20.2. The first-order chi connectivity index (χ1) is 17.5. The third-order valence-electron chi connectivity index (χ3n) is 6.02. The number of imidazole rings is 1. The number of aromatic nitrogens is 4. The maximum atomic E-state index is 12.5. The molecule has 1 aliphatic carbocycles. The number of carbonyl (C=O) groups is 1. The second-order valence-electron chi connectivity index (χ2n) is 9.11. The van der Waals surface area contributed by atoms with Crippen LogP contribution in [-0.4, -0.2) is 44.7 Å². The Morgan fingerprint density at radius 3 is 2.72 bits per heavy atom. The monoisotopic (exact) mass is 488 g/mol. The van der Waals surface area contributed by atoms with Crippen LogP contribution in [0.4, 0.5) is 0 Å². The molecule has 0 atom stereocenters. The van der Waals surface area contributed by atoms with Crippen LogP contribution < -0.4 is 15.0 Å². The fourth-order valence-electron chi connectivity index (χ4n) is 4.36. The van der Waals surface area contributed by atoms with E-state index in [-0.39, 0.29) is 24.4 Å². The number of rotatable bonds is 8. The minimum Gasteiger partial charge on any atom is -0.490 e. The van der Waals surface area contributed by atoms with Gasteiger partial charge in [-0.1, -0.05) is 18.2 Å². The van der Waals surface area contributed by atoms with Crippen LogP contribution in [0.15, 0.2) is 53.6 Å². The normalized spacial score (nSPS) is 13.9. The molecule has 5 rings (SSSR count). The highest BCUT2D eigenvalue weighted by molar-refractivity contribution is 5.77. The van der Waals surface area contributed by atoms with Gasteiger partial charge in [-0.2, -0.15) is 0 Å². The largest absolute Gasteiger partial charge is 0.490 e. The second kappa shape index (κ2) is 10.2. The Balaban J connectivity index is 1.47. The van der Waals surface area contributed by atoms with Crippen molar-refractivity contribution < 1.29 is 19.0 Å². The van der Waals surface area contributed by atoms with Crippen molar-refractivity contribution in [3.63, 3.8) is 0 Å². The van der Waals surface area contributed by atoms with Crippen LogP contribution in [-0.2, 0) is 9.53 Å². The summed E-state index contributed by atoms with van der Waals surface area (Å²) in [6.07, 6.45) is 5.61. The lowest BCUT2D eigenvalue weighted by molar-refractivity contribution is -0.149. The SMILES string of the molecule is CC(C)OC(=O)COc1cccc(-c2ccc(-c3nc4nc[nH]c4c(=O)[nH]3)c(OC3CCCC3)c2)c1. The summed E-state index contributed by atoms with van der Waals surface area (Å²) in [4.78, 5) is 38.7. The van der Waals surface area contributed by atoms with Gasteiger partial charge in [0.2, 0.25) is 0 Å². The van der Waals surface area contributed by atoms with Gasteiger partial charge < -0.3 is 24.2 Å². The molecule has 0 spiro atoms. The molecule has 4 aromatic rings. The van der Waals surface area contributed by atoms with Gasteiger partial charge in [0.05, 0.1) is 24.1 Å². The summed E-state index contributed by atoms with van der Waals surface area (Å²) in [6, 6.07) is 13.3. The van der Waals surface area contributed by atoms with Gasteiger partial charge in [-0.25, -0.2) is 14.8 Å². The summed E-state index contributed by atoms with van der Waals surface area (Å²) in [5.74, 6) is 1.19. The molecule has 2 heterocycles. The van der Waals surface area contributed by atoms with E-state index in [0.29, 0.717) is 34.1 Å². The molecule has 0 aliphatic heterocycles. The molecular formula is C27H28N4O5. The third kappa shape index (κ3) is 5.25. The predicted octanol–water partition coefficient (Wildman–Crippen LogP) is 4.63. The average Bonchev–Trinajstić information content (AvgIpc) is 3.55. The van der Waals surface area contributed by atoms with E-state index in [1.807, 2.05) is 36.4 Å². The maximum absolute atomic E-state index is 12.5. The van der Waals surface area contributed by atoms with E-state index < -0.39 is 5.97 Å². The van der Waals surface area contributed by atoms with Crippen LogP contribution in [0.5, 0.6) is 11.5 Å². The molecule has 2 N–H and O–H groups in total. The average molecular weight is 489 g/mol. The number of benzene rings is 2. The van der Waals surface area contributed by atoms with Crippen LogP contribution in [0.3, 0.4) is 0 Å². The van der Waals surface area contributed by atoms with Crippen molar-refractivity contribution >= 4 is 17.1 Å². The van der Waals surface area contributed by atoms with E-state index in [1.165, 1.54) is 6.33 Å². The summed E-state index contributed by atoms with van der Waals surface area (Å²) >= 11 is 0. The molecule has 0 radical (unpaired) electrons. The highest BCUT2D eigenvalue weighted by Crippen LogP contribution is 2.36. The summed E-state index contributed by atoms with van der Waals surface area (Å²) < 4.78 is 17.2. The fraction of sp³-hybridized carbons (Fsp3) is 0.333. The molecule has 9 heteroatoms. The minimum atomic E-state index is -0.414. The topological polar surface area (TPSA) is 119 Å². The van der Waals surface area contributed by atoms with E-state index in [1.54, 1.807) is 19.9 Å². The first-order valence-electron chi connectivity index (χ1n) is 12.1. The molecule has 0 bridgehead atoms. The van der Waals surface area contributed by atoms with Gasteiger partial charge in [-0.3, -0.25) is 4.79 Å². The van der Waals surface area contributed by atoms with Crippen LogP contribution >= 0.6 is 0 Å². The molecule has 0 amide bonds. The van der Waals surface area contributed by atoms with Crippen molar-refractivity contribution in [1.29, 1.82) is 0 Å². The molecule has 9 nitrogen and oxygen atoms in total. The smallest absolute Gasteiger partial charge is 0.344 e. The second-order valence-corrected chi connectivity index (χ2v) is 9.11. The predicted molar refractivity (Wildman–Crippen MR) is 135 cm³/mol. The van der Waals surface area contributed by atoms with Gasteiger partial charge in [-0.05, 0) is 74.9 Å². The van der Waals surface area contributed by atoms with Gasteiger partial charge >= 0.3 is 5.97 Å². The number of nitrogens with one attached hydrogen (secondary N) is 2. The lowest BCUT2D eigenvalue weighted by Gasteiger charge is -2.18. The number of fused-ring (bicyclic) bond motifs is 1. The highest BCUT2D eigenvalue weighted by Gasteiger charge is 2.21. The molecule has 1 saturated carbocycles. The Labute approximate surface area is 207 Å². The number of esters is 1.